The van der Waals surface area contributed by atoms with E-state index >= 15 is 0 Å². The molecule has 0 rings (SSSR count). The van der Waals surface area contributed by atoms with E-state index in [1.165, 1.54) is 0 Å². The second-order valence-electron chi connectivity index (χ2n) is 4.57. The zero-order chi connectivity index (χ0) is 14.3. The van der Waals surface area contributed by atoms with E-state index in [1.807, 2.05) is 6.92 Å². The maximum absolute atomic E-state index is 11.2. The highest BCUT2D eigenvalue weighted by atomic mass is 16.5. The minimum absolute atomic E-state index is 0.258. The van der Waals surface area contributed by atoms with Gasteiger partial charge in [0.15, 0.2) is 0 Å². The highest BCUT2D eigenvalue weighted by Crippen LogP contribution is 2.01. The van der Waals surface area contributed by atoms with Gasteiger partial charge in [0.25, 0.3) is 0 Å². The lowest BCUT2D eigenvalue weighted by atomic mass is 10.2. The SMILES string of the molecule is [CH2]CCC(C)OCCCC#CC(=O)OCCCCC. The summed E-state index contributed by atoms with van der Waals surface area (Å²) >= 11 is 0. The Balaban J connectivity index is 3.45. The lowest BCUT2D eigenvalue weighted by molar-refractivity contribution is -0.136. The second kappa shape index (κ2) is 13.4. The number of esters is 1. The molecule has 0 aliphatic heterocycles. The van der Waals surface area contributed by atoms with Crippen LogP contribution in [0.1, 0.15) is 58.8 Å². The zero-order valence-electron chi connectivity index (χ0n) is 12.4. The molecule has 1 unspecified atom stereocenters. The van der Waals surface area contributed by atoms with Gasteiger partial charge in [0.05, 0.1) is 12.7 Å². The molecule has 0 saturated carbocycles. The van der Waals surface area contributed by atoms with Crippen LogP contribution in [0.5, 0.6) is 0 Å². The third kappa shape index (κ3) is 13.2. The molecule has 0 amide bonds. The minimum atomic E-state index is -0.414. The minimum Gasteiger partial charge on any atom is -0.456 e. The molecule has 0 aliphatic rings. The Kier molecular flexibility index (Phi) is 12.7. The topological polar surface area (TPSA) is 35.5 Å². The van der Waals surface area contributed by atoms with Crippen LogP contribution in [0, 0.1) is 18.8 Å². The van der Waals surface area contributed by atoms with E-state index in [9.17, 15) is 4.79 Å². The lowest BCUT2D eigenvalue weighted by Crippen LogP contribution is -2.08. The van der Waals surface area contributed by atoms with E-state index in [-0.39, 0.29) is 6.10 Å². The molecule has 0 saturated heterocycles. The molecule has 0 aromatic rings. The van der Waals surface area contributed by atoms with Crippen molar-refractivity contribution in [3.63, 3.8) is 0 Å². The van der Waals surface area contributed by atoms with Gasteiger partial charge in [0.2, 0.25) is 0 Å². The standard InChI is InChI=1S/C16H27O3/c1-4-6-9-14-19-16(17)12-8-7-10-13-18-15(3)11-5-2/h15H,2,4-7,9-11,13-14H2,1,3H3. The number of carbonyl (C=O) groups is 1. The molecule has 0 N–H and O–H groups in total. The van der Waals surface area contributed by atoms with Crippen LogP contribution in [-0.2, 0) is 14.3 Å². The van der Waals surface area contributed by atoms with Crippen LogP contribution >= 0.6 is 0 Å². The van der Waals surface area contributed by atoms with Gasteiger partial charge in [0.1, 0.15) is 0 Å². The first-order valence-electron chi connectivity index (χ1n) is 7.27. The van der Waals surface area contributed by atoms with Crippen molar-refractivity contribution in [2.45, 2.75) is 64.9 Å². The first-order chi connectivity index (χ1) is 9.20. The van der Waals surface area contributed by atoms with Crippen molar-refractivity contribution < 1.29 is 14.3 Å². The molecular weight excluding hydrogens is 240 g/mol. The molecular formula is C16H27O3. The van der Waals surface area contributed by atoms with Gasteiger partial charge in [-0.25, -0.2) is 4.79 Å². The fourth-order valence-corrected chi connectivity index (χ4v) is 1.50. The molecule has 3 heteroatoms. The van der Waals surface area contributed by atoms with E-state index in [1.54, 1.807) is 0 Å². The monoisotopic (exact) mass is 267 g/mol. The second-order valence-corrected chi connectivity index (χ2v) is 4.57. The van der Waals surface area contributed by atoms with Crippen molar-refractivity contribution in [3.05, 3.63) is 6.92 Å². The summed E-state index contributed by atoms with van der Waals surface area (Å²) in [6, 6.07) is 0. The summed E-state index contributed by atoms with van der Waals surface area (Å²) in [5.41, 5.74) is 0. The fourth-order valence-electron chi connectivity index (χ4n) is 1.50. The van der Waals surface area contributed by atoms with Gasteiger partial charge >= 0.3 is 5.97 Å². The summed E-state index contributed by atoms with van der Waals surface area (Å²) in [5, 5.41) is 0. The quantitative estimate of drug-likeness (QED) is 0.263. The number of ether oxygens (including phenoxy) is 2. The predicted octanol–water partition coefficient (Wildman–Crippen LogP) is 3.52. The Morgan fingerprint density at radius 2 is 2.05 bits per heavy atom. The van der Waals surface area contributed by atoms with Crippen LogP contribution in [0.2, 0.25) is 0 Å². The summed E-state index contributed by atoms with van der Waals surface area (Å²) in [6.45, 7) is 9.10. The van der Waals surface area contributed by atoms with Gasteiger partial charge < -0.3 is 9.47 Å². The number of carbonyl (C=O) groups excluding carboxylic acids is 1. The Bertz CT molecular complexity index is 275. The predicted molar refractivity (Wildman–Crippen MR) is 77.5 cm³/mol. The van der Waals surface area contributed by atoms with Crippen LogP contribution in [0.4, 0.5) is 0 Å². The summed E-state index contributed by atoms with van der Waals surface area (Å²) in [6.07, 6.45) is 6.77. The van der Waals surface area contributed by atoms with Crippen molar-refractivity contribution in [1.82, 2.24) is 0 Å². The number of hydrogen-bond donors (Lipinski definition) is 0. The van der Waals surface area contributed by atoms with Crippen molar-refractivity contribution in [3.8, 4) is 11.8 Å². The van der Waals surface area contributed by atoms with Gasteiger partial charge in [-0.05, 0) is 26.2 Å². The number of rotatable bonds is 10. The molecule has 0 aromatic carbocycles. The third-order valence-corrected chi connectivity index (χ3v) is 2.63. The van der Waals surface area contributed by atoms with E-state index in [2.05, 4.69) is 25.7 Å². The van der Waals surface area contributed by atoms with Crippen molar-refractivity contribution in [2.24, 2.45) is 0 Å². The smallest absolute Gasteiger partial charge is 0.384 e. The van der Waals surface area contributed by atoms with Gasteiger partial charge in [-0.15, -0.1) is 0 Å². The van der Waals surface area contributed by atoms with Crippen LogP contribution in [0.3, 0.4) is 0 Å². The van der Waals surface area contributed by atoms with Gasteiger partial charge in [-0.2, -0.15) is 0 Å². The maximum Gasteiger partial charge on any atom is 0.384 e. The average molecular weight is 267 g/mol. The van der Waals surface area contributed by atoms with Gasteiger partial charge in [0, 0.05) is 18.9 Å². The number of unbranched alkanes of at least 4 members (excludes halogenated alkanes) is 3. The zero-order valence-corrected chi connectivity index (χ0v) is 12.4. The molecule has 0 aromatic heterocycles. The molecule has 3 nitrogen and oxygen atoms in total. The molecule has 0 aliphatic carbocycles. The van der Waals surface area contributed by atoms with Crippen LogP contribution in [0.15, 0.2) is 0 Å². The molecule has 0 heterocycles. The fraction of sp³-hybridized carbons (Fsp3) is 0.750. The Morgan fingerprint density at radius 1 is 1.26 bits per heavy atom. The summed E-state index contributed by atoms with van der Waals surface area (Å²) < 4.78 is 10.5. The largest absolute Gasteiger partial charge is 0.456 e. The van der Waals surface area contributed by atoms with Crippen molar-refractivity contribution in [2.75, 3.05) is 13.2 Å². The lowest BCUT2D eigenvalue weighted by Gasteiger charge is -2.10. The van der Waals surface area contributed by atoms with E-state index in [0.717, 1.165) is 38.5 Å². The van der Waals surface area contributed by atoms with E-state index in [0.29, 0.717) is 19.6 Å². The summed E-state index contributed by atoms with van der Waals surface area (Å²) in [5.74, 6) is 4.90. The molecule has 1 atom stereocenters. The molecule has 1 radical (unpaired) electrons. The van der Waals surface area contributed by atoms with Crippen molar-refractivity contribution in [1.29, 1.82) is 0 Å². The van der Waals surface area contributed by atoms with Crippen molar-refractivity contribution >= 4 is 5.97 Å². The first-order valence-corrected chi connectivity index (χ1v) is 7.27. The molecule has 0 fully saturated rings. The summed E-state index contributed by atoms with van der Waals surface area (Å²) in [7, 11) is 0. The van der Waals surface area contributed by atoms with Gasteiger partial charge in [-0.1, -0.05) is 39.0 Å². The van der Waals surface area contributed by atoms with Crippen LogP contribution < -0.4 is 0 Å². The summed E-state index contributed by atoms with van der Waals surface area (Å²) in [4.78, 5) is 11.2. The first kappa shape index (κ1) is 18.0. The molecule has 0 spiro atoms. The van der Waals surface area contributed by atoms with Gasteiger partial charge in [-0.3, -0.25) is 0 Å². The molecule has 19 heavy (non-hydrogen) atoms. The Labute approximate surface area is 118 Å². The van der Waals surface area contributed by atoms with E-state index < -0.39 is 5.97 Å². The highest BCUT2D eigenvalue weighted by molar-refractivity contribution is 5.88. The molecule has 0 bridgehead atoms. The Hall–Kier alpha value is -1.01. The third-order valence-electron chi connectivity index (χ3n) is 2.63. The van der Waals surface area contributed by atoms with Crippen LogP contribution in [0.25, 0.3) is 0 Å². The van der Waals surface area contributed by atoms with Crippen LogP contribution in [-0.4, -0.2) is 25.3 Å². The highest BCUT2D eigenvalue weighted by Gasteiger charge is 1.99. The molecule has 109 valence electrons. The normalized spacial score (nSPS) is 11.5. The number of hydrogen-bond acceptors (Lipinski definition) is 3. The average Bonchev–Trinajstić information content (AvgIpc) is 2.39. The Morgan fingerprint density at radius 3 is 2.74 bits per heavy atom. The van der Waals surface area contributed by atoms with E-state index in [4.69, 9.17) is 9.47 Å². The maximum atomic E-state index is 11.2.